The van der Waals surface area contributed by atoms with Gasteiger partial charge in [0.15, 0.2) is 11.5 Å². The number of aromatic amines is 1. The summed E-state index contributed by atoms with van der Waals surface area (Å²) in [6.07, 6.45) is -3.13. The number of aryl methyl sites for hydroxylation is 1. The molecule has 5 N–H and O–H groups in total. The molecule has 0 aromatic carbocycles. The van der Waals surface area contributed by atoms with Gasteiger partial charge in [0, 0.05) is 6.20 Å². The van der Waals surface area contributed by atoms with Crippen molar-refractivity contribution in [2.24, 2.45) is 0 Å². The van der Waals surface area contributed by atoms with Crippen LogP contribution in [0.25, 0.3) is 11.5 Å². The van der Waals surface area contributed by atoms with Gasteiger partial charge in [0.2, 0.25) is 0 Å². The van der Waals surface area contributed by atoms with Crippen molar-refractivity contribution in [2.75, 3.05) is 6.61 Å². The molecule has 0 saturated carbocycles. The standard InChI is InChI=1S/C12H16N4O6/c1-5-2-16(3-6(18)9(20)7(19)4-17)10-8(13-5)11(21)15-12(22)14-10/h2,6-7,9,17-20H,3-4H2,1H3,(H,15,21,22). The number of aliphatic hydroxyl groups is 4. The number of hydrogen-bond acceptors (Lipinski definition) is 8. The van der Waals surface area contributed by atoms with Crippen LogP contribution >= 0.6 is 0 Å². The number of nitrogens with zero attached hydrogens (tertiary/aromatic N) is 3. The first kappa shape index (κ1) is 16.2. The molecular formula is C12H16N4O6. The summed E-state index contributed by atoms with van der Waals surface area (Å²) in [5.74, 6) is -0.0518. The van der Waals surface area contributed by atoms with Crippen LogP contribution < -0.4 is 11.2 Å². The minimum Gasteiger partial charge on any atom is -0.394 e. The molecule has 120 valence electrons. The Balaban J connectivity index is 2.43. The Kier molecular flexibility index (Phi) is 4.66. The molecule has 2 aliphatic rings. The van der Waals surface area contributed by atoms with Gasteiger partial charge in [0.1, 0.15) is 18.3 Å². The van der Waals surface area contributed by atoms with Gasteiger partial charge in [-0.25, -0.2) is 9.78 Å². The lowest BCUT2D eigenvalue weighted by molar-refractivity contribution is -0.0806. The first-order valence-corrected chi connectivity index (χ1v) is 6.46. The molecule has 0 fully saturated rings. The Hall–Kier alpha value is -2.14. The largest absolute Gasteiger partial charge is 0.394 e. The van der Waals surface area contributed by atoms with Gasteiger partial charge in [-0.1, -0.05) is 0 Å². The zero-order chi connectivity index (χ0) is 16.4. The van der Waals surface area contributed by atoms with E-state index in [0.29, 0.717) is 5.69 Å². The van der Waals surface area contributed by atoms with Crippen molar-refractivity contribution in [3.05, 3.63) is 32.7 Å². The van der Waals surface area contributed by atoms with Crippen molar-refractivity contribution in [2.45, 2.75) is 31.8 Å². The number of fused-ring (bicyclic) bond motifs is 1. The van der Waals surface area contributed by atoms with Crippen LogP contribution in [0.5, 0.6) is 0 Å². The molecule has 2 rings (SSSR count). The fourth-order valence-electron chi connectivity index (χ4n) is 2.04. The third-order valence-electron chi connectivity index (χ3n) is 3.12. The van der Waals surface area contributed by atoms with Gasteiger partial charge in [-0.05, 0) is 6.92 Å². The fraction of sp³-hybridized carbons (Fsp3) is 0.500. The van der Waals surface area contributed by atoms with Crippen LogP contribution in [0, 0.1) is 6.92 Å². The maximum atomic E-state index is 11.7. The Morgan fingerprint density at radius 3 is 2.55 bits per heavy atom. The van der Waals surface area contributed by atoms with Gasteiger partial charge < -0.3 is 25.0 Å². The second-order valence-corrected chi connectivity index (χ2v) is 4.89. The normalized spacial score (nSPS) is 15.7. The highest BCUT2D eigenvalue weighted by Gasteiger charge is 2.26. The molecule has 3 unspecified atom stereocenters. The van der Waals surface area contributed by atoms with Crippen molar-refractivity contribution in [1.29, 1.82) is 0 Å². The first-order chi connectivity index (χ1) is 10.3. The Morgan fingerprint density at radius 1 is 1.23 bits per heavy atom. The van der Waals surface area contributed by atoms with Gasteiger partial charge >= 0.3 is 5.69 Å². The minimum atomic E-state index is -1.60. The number of aromatic nitrogens is 4. The van der Waals surface area contributed by atoms with Crippen molar-refractivity contribution in [1.82, 2.24) is 19.5 Å². The molecular weight excluding hydrogens is 296 g/mol. The minimum absolute atomic E-state index is 0.0518. The fourth-order valence-corrected chi connectivity index (χ4v) is 2.04. The third kappa shape index (κ3) is 3.20. The van der Waals surface area contributed by atoms with E-state index in [9.17, 15) is 24.9 Å². The summed E-state index contributed by atoms with van der Waals surface area (Å²) in [4.78, 5) is 32.7. The van der Waals surface area contributed by atoms with Gasteiger partial charge in [-0.2, -0.15) is 4.98 Å². The van der Waals surface area contributed by atoms with Crippen molar-refractivity contribution >= 4 is 0 Å². The molecule has 2 heterocycles. The Labute approximate surface area is 123 Å². The lowest BCUT2D eigenvalue weighted by Gasteiger charge is -2.23. The first-order valence-electron chi connectivity index (χ1n) is 6.46. The van der Waals surface area contributed by atoms with E-state index >= 15 is 0 Å². The maximum absolute atomic E-state index is 11.7. The molecule has 0 radical (unpaired) electrons. The molecule has 0 aromatic rings. The Bertz CT molecular complexity index is 741. The summed E-state index contributed by atoms with van der Waals surface area (Å²) in [5, 5.41) is 37.7. The average molecular weight is 312 g/mol. The third-order valence-corrected chi connectivity index (χ3v) is 3.12. The predicted octanol–water partition coefficient (Wildman–Crippen LogP) is -3.19. The van der Waals surface area contributed by atoms with Crippen molar-refractivity contribution in [3.63, 3.8) is 0 Å². The number of aliphatic hydroxyl groups excluding tert-OH is 4. The summed E-state index contributed by atoms with van der Waals surface area (Å²) >= 11 is 0. The topological polar surface area (TPSA) is 162 Å². The number of hydrogen-bond donors (Lipinski definition) is 5. The van der Waals surface area contributed by atoms with E-state index in [0.717, 1.165) is 0 Å². The second kappa shape index (κ2) is 6.32. The zero-order valence-corrected chi connectivity index (χ0v) is 11.7. The van der Waals surface area contributed by atoms with Crippen LogP contribution in [0.1, 0.15) is 5.69 Å². The van der Waals surface area contributed by atoms with E-state index in [1.165, 1.54) is 10.8 Å². The van der Waals surface area contributed by atoms with Crippen LogP contribution in [0.4, 0.5) is 0 Å². The van der Waals surface area contributed by atoms with Gasteiger partial charge in [-0.15, -0.1) is 0 Å². The number of nitrogens with one attached hydrogen (secondary N) is 1. The van der Waals surface area contributed by atoms with E-state index < -0.39 is 36.2 Å². The molecule has 0 saturated heterocycles. The molecule has 0 spiro atoms. The summed E-state index contributed by atoms with van der Waals surface area (Å²) in [6, 6.07) is 0. The van der Waals surface area contributed by atoms with Crippen molar-refractivity contribution in [3.8, 4) is 11.5 Å². The van der Waals surface area contributed by atoms with Crippen LogP contribution in [-0.4, -0.2) is 64.9 Å². The highest BCUT2D eigenvalue weighted by Crippen LogP contribution is 2.13. The van der Waals surface area contributed by atoms with Gasteiger partial charge in [0.25, 0.3) is 5.56 Å². The average Bonchev–Trinajstić information content (AvgIpc) is 2.46. The second-order valence-electron chi connectivity index (χ2n) is 4.89. The molecule has 2 aliphatic heterocycles. The zero-order valence-electron chi connectivity index (χ0n) is 11.7. The molecule has 0 bridgehead atoms. The van der Waals surface area contributed by atoms with E-state index in [4.69, 9.17) is 5.11 Å². The smallest absolute Gasteiger partial charge is 0.349 e. The van der Waals surface area contributed by atoms with E-state index in [1.54, 1.807) is 6.92 Å². The van der Waals surface area contributed by atoms with Gasteiger partial charge in [-0.3, -0.25) is 9.78 Å². The lowest BCUT2D eigenvalue weighted by Crippen LogP contribution is -2.42. The monoisotopic (exact) mass is 312 g/mol. The quantitative estimate of drug-likeness (QED) is 0.386. The SMILES string of the molecule is Cc1cn(CC(O)C(O)C(O)CO)c2nc(=O)[nH]c(=O)c-2n1. The van der Waals surface area contributed by atoms with E-state index in [1.807, 2.05) is 4.98 Å². The maximum Gasteiger partial charge on any atom is 0.349 e. The number of rotatable bonds is 5. The lowest BCUT2D eigenvalue weighted by atomic mass is 10.1. The molecule has 0 aromatic heterocycles. The van der Waals surface area contributed by atoms with Crippen molar-refractivity contribution < 1.29 is 20.4 Å². The summed E-state index contributed by atoms with van der Waals surface area (Å²) < 4.78 is 1.28. The van der Waals surface area contributed by atoms with Crippen LogP contribution in [0.3, 0.4) is 0 Å². The molecule has 10 nitrogen and oxygen atoms in total. The highest BCUT2D eigenvalue weighted by atomic mass is 16.4. The molecule has 10 heteroatoms. The molecule has 0 aliphatic carbocycles. The summed E-state index contributed by atoms with van der Waals surface area (Å²) in [5.41, 5.74) is -1.22. The van der Waals surface area contributed by atoms with Crippen LogP contribution in [-0.2, 0) is 6.54 Å². The summed E-state index contributed by atoms with van der Waals surface area (Å²) in [6.45, 7) is 0.626. The predicted molar refractivity (Wildman–Crippen MR) is 73.4 cm³/mol. The van der Waals surface area contributed by atoms with E-state index in [-0.39, 0.29) is 18.1 Å². The Morgan fingerprint density at radius 2 is 1.91 bits per heavy atom. The molecule has 0 amide bonds. The van der Waals surface area contributed by atoms with E-state index in [2.05, 4.69) is 9.97 Å². The summed E-state index contributed by atoms with van der Waals surface area (Å²) in [7, 11) is 0. The molecule has 3 atom stereocenters. The molecule has 22 heavy (non-hydrogen) atoms. The number of H-pyrrole nitrogens is 1. The highest BCUT2D eigenvalue weighted by molar-refractivity contribution is 5.48. The van der Waals surface area contributed by atoms with Crippen LogP contribution in [0.15, 0.2) is 15.8 Å². The van der Waals surface area contributed by atoms with Crippen LogP contribution in [0.2, 0.25) is 0 Å². The van der Waals surface area contributed by atoms with Gasteiger partial charge in [0.05, 0.1) is 18.8 Å².